The first kappa shape index (κ1) is 28.0. The van der Waals surface area contributed by atoms with Crippen molar-refractivity contribution in [2.24, 2.45) is 0 Å². The fourth-order valence-electron chi connectivity index (χ4n) is 22.8. The van der Waals surface area contributed by atoms with Crippen LogP contribution in [0.1, 0.15) is 11.1 Å². The number of fused-ring (bicyclic) bond motifs is 5. The van der Waals surface area contributed by atoms with Crippen molar-refractivity contribution in [2.45, 2.75) is 13.5 Å². The van der Waals surface area contributed by atoms with E-state index >= 15 is 9.59 Å². The summed E-state index contributed by atoms with van der Waals surface area (Å²) < 4.78 is 4.63. The van der Waals surface area contributed by atoms with Gasteiger partial charge in [-0.2, -0.15) is 0 Å². The highest BCUT2D eigenvalue weighted by Gasteiger charge is 2.49. The van der Waals surface area contributed by atoms with E-state index in [0.717, 1.165) is 42.7 Å². The number of hydrogen-bond acceptors (Lipinski definition) is 3. The summed E-state index contributed by atoms with van der Waals surface area (Å²) in [6, 6.07) is 8.94. The summed E-state index contributed by atoms with van der Waals surface area (Å²) in [6.07, 6.45) is 0. The number of benzene rings is 19. The molecular formula is C68H9NO2S. The number of aromatic nitrogens is 1. The van der Waals surface area contributed by atoms with Crippen LogP contribution in [-0.4, -0.2) is 4.57 Å². The van der Waals surface area contributed by atoms with Crippen LogP contribution in [0.15, 0.2) is 33.9 Å². The highest BCUT2D eigenvalue weighted by atomic mass is 32.1. The molecule has 0 saturated heterocycles. The first-order valence-corrected chi connectivity index (χ1v) is 26.8. The van der Waals surface area contributed by atoms with Gasteiger partial charge in [0.1, 0.15) is 0 Å². The van der Waals surface area contributed by atoms with Gasteiger partial charge < -0.3 is 4.57 Å². The van der Waals surface area contributed by atoms with Gasteiger partial charge in [-0.3, -0.25) is 9.59 Å². The lowest BCUT2D eigenvalue weighted by molar-refractivity contribution is 0.806. The van der Waals surface area contributed by atoms with Crippen LogP contribution < -0.4 is 11.0 Å². The minimum absolute atomic E-state index is 0.103. The Hall–Kier alpha value is -8.96. The summed E-state index contributed by atoms with van der Waals surface area (Å²) in [5.74, 6) is 0. The molecule has 0 radical (unpaired) electrons. The summed E-state index contributed by atoms with van der Waals surface area (Å²) in [4.78, 5) is 34.1. The minimum atomic E-state index is 0.103. The maximum atomic E-state index is 17.2. The third kappa shape index (κ3) is 1.65. The van der Waals surface area contributed by atoms with Crippen molar-refractivity contribution in [1.29, 1.82) is 0 Å². The van der Waals surface area contributed by atoms with Gasteiger partial charge in [0.25, 0.3) is 5.56 Å². The Morgan fingerprint density at radius 2 is 0.528 bits per heavy atom. The second-order valence-electron chi connectivity index (χ2n) is 24.9. The molecule has 0 N–H and O–H groups in total. The molecule has 31 aromatic rings. The zero-order chi connectivity index (χ0) is 43.6. The lowest BCUT2D eigenvalue weighted by Crippen LogP contribution is -2.22. The molecule has 29 aromatic carbocycles. The van der Waals surface area contributed by atoms with E-state index in [1.807, 2.05) is 11.3 Å². The lowest BCUT2D eigenvalue weighted by atomic mass is 9.84. The Balaban J connectivity index is 1.21. The van der Waals surface area contributed by atoms with Gasteiger partial charge in [-0.15, -0.1) is 11.3 Å². The molecule has 0 bridgehead atoms. The Morgan fingerprint density at radius 1 is 0.278 bits per heavy atom. The minimum Gasteiger partial charge on any atom is -0.302 e. The normalized spacial score (nSPS) is 16.6. The predicted molar refractivity (Wildman–Crippen MR) is 308 cm³/mol. The van der Waals surface area contributed by atoms with Gasteiger partial charge >= 0.3 is 0 Å². The molecule has 2 heterocycles. The van der Waals surface area contributed by atoms with Gasteiger partial charge in [-0.05, 0) is 12.5 Å². The van der Waals surface area contributed by atoms with Gasteiger partial charge in [0.05, 0.1) is 22.1 Å². The van der Waals surface area contributed by atoms with Crippen molar-refractivity contribution in [1.82, 2.24) is 4.57 Å². The first-order chi connectivity index (χ1) is 35.7. The molecule has 0 saturated carbocycles. The standard InChI is InChI=1S/C68H9NO2S/c1-7-2-4-8(5-3-7)6-69-64-58-49-40-33-23-17-11-12-10-9-13-14(11)20-26-19(13)25-21-15(9)22-16(10)27-28(18(12)23)38-44(33)53(49)61-57-47(38)37(27)43-31(22)32-30(21)42-35(25)41-36(26)45-39-29(20)24(17)34(40)46(39)56(58)62(68(69)71)54(45)50(41)59-51(42)55-48(32)52(43)60(57)66(72-67(61)64)63(55)65(59)70/h2-5H,6H2,1H3. The van der Waals surface area contributed by atoms with E-state index in [1.165, 1.54) is 258 Å². The molecule has 0 atom stereocenters. The molecular weight excluding hydrogens is 895 g/mol. The number of nitrogens with zero attached hydrogens (tertiary/aromatic N) is 1. The van der Waals surface area contributed by atoms with Crippen LogP contribution >= 0.6 is 11.3 Å². The van der Waals surface area contributed by atoms with Crippen LogP contribution in [0.5, 0.6) is 0 Å². The number of hydrogen-bond donors (Lipinski definition) is 0. The van der Waals surface area contributed by atoms with Crippen LogP contribution in [0.25, 0.3) is 311 Å². The molecule has 0 fully saturated rings. The number of pyridine rings is 1. The van der Waals surface area contributed by atoms with Gasteiger partial charge in [0.15, 0.2) is 5.43 Å². The van der Waals surface area contributed by atoms with E-state index in [-0.39, 0.29) is 11.0 Å². The Labute approximate surface area is 394 Å². The first-order valence-electron chi connectivity index (χ1n) is 26.0. The molecule has 304 valence electrons. The van der Waals surface area contributed by atoms with Crippen molar-refractivity contribution in [3.63, 3.8) is 0 Å². The van der Waals surface area contributed by atoms with Crippen LogP contribution in [-0.2, 0) is 6.54 Å². The zero-order valence-electron chi connectivity index (χ0n) is 36.7. The Kier molecular flexibility index (Phi) is 2.60. The van der Waals surface area contributed by atoms with E-state index in [1.54, 1.807) is 21.5 Å². The molecule has 0 unspecified atom stereocenters. The molecule has 72 heavy (non-hydrogen) atoms. The third-order valence-electron chi connectivity index (χ3n) is 23.7. The highest BCUT2D eigenvalue weighted by Crippen LogP contribution is 2.78. The summed E-state index contributed by atoms with van der Waals surface area (Å²) >= 11 is 1.88. The largest absolute Gasteiger partial charge is 0.302 e. The van der Waals surface area contributed by atoms with Crippen molar-refractivity contribution in [3.05, 3.63) is 56.0 Å². The number of rotatable bonds is 2. The molecule has 0 aliphatic rings. The predicted octanol–water partition coefficient (Wildman–Crippen LogP) is 18.2. The maximum absolute atomic E-state index is 17.2. The summed E-state index contributed by atoms with van der Waals surface area (Å²) in [5, 5.41) is 76.7. The molecule has 31 rings (SSSR count). The average molecular weight is 904 g/mol. The molecule has 0 spiro atoms. The highest BCUT2D eigenvalue weighted by molar-refractivity contribution is 7.27. The van der Waals surface area contributed by atoms with Crippen LogP contribution in [0, 0.1) is 6.92 Å². The van der Waals surface area contributed by atoms with Crippen LogP contribution in [0.3, 0.4) is 0 Å². The molecule has 0 amide bonds. The van der Waals surface area contributed by atoms with Crippen LogP contribution in [0.4, 0.5) is 0 Å². The van der Waals surface area contributed by atoms with Gasteiger partial charge in [-0.25, -0.2) is 0 Å². The van der Waals surface area contributed by atoms with Gasteiger partial charge in [0, 0.05) is 296 Å². The quantitative estimate of drug-likeness (QED) is 0.128. The van der Waals surface area contributed by atoms with E-state index < -0.39 is 0 Å². The smallest absolute Gasteiger partial charge is 0.259 e. The lowest BCUT2D eigenvalue weighted by Gasteiger charge is -2.23. The van der Waals surface area contributed by atoms with Crippen molar-refractivity contribution < 1.29 is 0 Å². The SMILES string of the molecule is Cc1ccc(Cn2c(=O)c3c4c5c6c(=O)c7c8sc9c%10c%11c8c8c%12c7c6c6c7c5c5c4c4c%13c3c(c3c%10c%10c%14c%11c%11c8c8c%12c6c6c7c7c5c5c4c4c%13c3c%10c3c4c4c5c7c5c6c8c6c%11c%14c3c4c65)c92)cc1. The van der Waals surface area contributed by atoms with Crippen LogP contribution in [0.2, 0.25) is 0 Å². The maximum Gasteiger partial charge on any atom is 0.259 e. The summed E-state index contributed by atoms with van der Waals surface area (Å²) in [7, 11) is 0. The summed E-state index contributed by atoms with van der Waals surface area (Å²) in [5.41, 5.74) is 3.76. The molecule has 3 nitrogen and oxygen atoms in total. The monoisotopic (exact) mass is 903 g/mol. The fraction of sp³-hybridized carbons (Fsp3) is 0.0294. The third-order valence-corrected chi connectivity index (χ3v) is 24.9. The van der Waals surface area contributed by atoms with Gasteiger partial charge in [-0.1, -0.05) is 29.8 Å². The second-order valence-corrected chi connectivity index (χ2v) is 26.0. The molecule has 0 aliphatic carbocycles. The van der Waals surface area contributed by atoms with E-state index in [2.05, 4.69) is 35.8 Å². The van der Waals surface area contributed by atoms with Crippen molar-refractivity contribution in [2.75, 3.05) is 0 Å². The van der Waals surface area contributed by atoms with Gasteiger partial charge in [0.2, 0.25) is 0 Å². The average Bonchev–Trinajstić information content (AvgIpc) is 4.45. The Morgan fingerprint density at radius 3 is 0.889 bits per heavy atom. The van der Waals surface area contributed by atoms with E-state index in [0.29, 0.717) is 6.54 Å². The molecule has 0 aliphatic heterocycles. The second kappa shape index (κ2) is 6.68. The fourth-order valence-corrected chi connectivity index (χ4v) is 24.2. The van der Waals surface area contributed by atoms with Crippen molar-refractivity contribution >= 4 is 322 Å². The van der Waals surface area contributed by atoms with E-state index in [4.69, 9.17) is 0 Å². The molecule has 4 heteroatoms. The van der Waals surface area contributed by atoms with E-state index in [9.17, 15) is 0 Å². The Bertz CT molecular complexity index is 7990. The number of aryl methyl sites for hydroxylation is 1. The zero-order valence-corrected chi connectivity index (χ0v) is 37.5. The molecule has 2 aromatic heterocycles. The van der Waals surface area contributed by atoms with Crippen molar-refractivity contribution in [3.8, 4) is 0 Å². The summed E-state index contributed by atoms with van der Waals surface area (Å²) in [6.45, 7) is 2.64. The topological polar surface area (TPSA) is 39.1 Å².